The molecule has 0 aliphatic rings. The minimum atomic E-state index is -0.314. The van der Waals surface area contributed by atoms with Gasteiger partial charge in [-0.3, -0.25) is 9.69 Å². The summed E-state index contributed by atoms with van der Waals surface area (Å²) >= 11 is 9.26. The Morgan fingerprint density at radius 1 is 1.10 bits per heavy atom. The average Bonchev–Trinajstić information content (AvgIpc) is 3.25. The highest BCUT2D eigenvalue weighted by molar-refractivity contribution is 7.23. The number of carbonyl (C=O) groups excluding carboxylic acids is 1. The molecule has 0 saturated heterocycles. The van der Waals surface area contributed by atoms with Gasteiger partial charge in [0, 0.05) is 16.6 Å². The third-order valence-electron chi connectivity index (χ3n) is 4.53. The number of halogens is 3. The highest BCUT2D eigenvalue weighted by Crippen LogP contribution is 2.38. The lowest BCUT2D eigenvalue weighted by atomic mass is 10.2. The van der Waals surface area contributed by atoms with Gasteiger partial charge in [-0.25, -0.2) is 9.37 Å². The summed E-state index contributed by atoms with van der Waals surface area (Å²) in [5, 5.41) is 1.91. The molecule has 158 valence electrons. The first-order valence-electron chi connectivity index (χ1n) is 9.14. The van der Waals surface area contributed by atoms with Crippen LogP contribution in [0.5, 0.6) is 0 Å². The van der Waals surface area contributed by atoms with Crippen molar-refractivity contribution in [1.82, 2.24) is 9.88 Å². The van der Waals surface area contributed by atoms with Gasteiger partial charge in [-0.15, -0.1) is 11.3 Å². The number of benzene rings is 2. The fourth-order valence-electron chi connectivity index (χ4n) is 3.11. The van der Waals surface area contributed by atoms with E-state index >= 15 is 0 Å². The summed E-state index contributed by atoms with van der Waals surface area (Å²) in [7, 11) is 3.99. The second-order valence-corrected chi connectivity index (χ2v) is 9.40. The first-order chi connectivity index (χ1) is 13.9. The SMILES string of the molecule is CN(C)CCCN(C(=O)c1sc2ccccc2c1Cl)c1nc2ccc(F)cc2s1.[Cl-]. The van der Waals surface area contributed by atoms with E-state index in [2.05, 4.69) is 9.88 Å². The van der Waals surface area contributed by atoms with Gasteiger partial charge in [-0.1, -0.05) is 41.1 Å². The van der Waals surface area contributed by atoms with Crippen molar-refractivity contribution in [1.29, 1.82) is 0 Å². The Kier molecular flexibility index (Phi) is 7.31. The summed E-state index contributed by atoms with van der Waals surface area (Å²) in [6.07, 6.45) is 0.783. The fourth-order valence-corrected chi connectivity index (χ4v) is 5.58. The van der Waals surface area contributed by atoms with Gasteiger partial charge in [-0.2, -0.15) is 0 Å². The van der Waals surface area contributed by atoms with E-state index in [1.165, 1.54) is 34.8 Å². The molecule has 0 radical (unpaired) electrons. The second-order valence-electron chi connectivity index (χ2n) is 6.96. The maximum absolute atomic E-state index is 13.6. The monoisotopic (exact) mass is 482 g/mol. The van der Waals surface area contributed by atoms with Gasteiger partial charge in [-0.05, 0) is 51.3 Å². The Labute approximate surface area is 193 Å². The molecule has 30 heavy (non-hydrogen) atoms. The second kappa shape index (κ2) is 9.58. The smallest absolute Gasteiger partial charge is 0.271 e. The van der Waals surface area contributed by atoms with Gasteiger partial charge in [0.1, 0.15) is 10.7 Å². The molecule has 0 N–H and O–H groups in total. The summed E-state index contributed by atoms with van der Waals surface area (Å²) in [6, 6.07) is 12.2. The third kappa shape index (κ3) is 4.60. The molecule has 9 heteroatoms. The van der Waals surface area contributed by atoms with Crippen LogP contribution in [0.2, 0.25) is 5.02 Å². The Morgan fingerprint density at radius 2 is 1.87 bits per heavy atom. The van der Waals surface area contributed by atoms with E-state index in [9.17, 15) is 9.18 Å². The number of anilines is 1. The highest BCUT2D eigenvalue weighted by Gasteiger charge is 2.26. The topological polar surface area (TPSA) is 36.4 Å². The molecule has 0 aliphatic heterocycles. The van der Waals surface area contributed by atoms with E-state index in [-0.39, 0.29) is 24.1 Å². The zero-order chi connectivity index (χ0) is 20.5. The lowest BCUT2D eigenvalue weighted by Gasteiger charge is -2.20. The zero-order valence-electron chi connectivity index (χ0n) is 16.4. The standard InChI is InChI=1S/C21H19ClFN3OS2.ClH/c1-25(2)10-5-11-26(21-24-15-9-8-13(23)12-17(15)29-21)20(27)19-18(22)14-6-3-4-7-16(14)28-19;/h3-4,6-9,12H,5,10-11H2,1-2H3;1H/p-1. The minimum absolute atomic E-state index is 0. The lowest BCUT2D eigenvalue weighted by molar-refractivity contribution is -0.0000139. The van der Waals surface area contributed by atoms with Crippen LogP contribution < -0.4 is 17.3 Å². The number of amides is 1. The van der Waals surface area contributed by atoms with Gasteiger partial charge in [0.2, 0.25) is 0 Å². The van der Waals surface area contributed by atoms with Crippen molar-refractivity contribution in [3.05, 3.63) is 58.2 Å². The maximum Gasteiger partial charge on any atom is 0.271 e. The summed E-state index contributed by atoms with van der Waals surface area (Å²) in [4.78, 5) is 22.3. The molecule has 0 bridgehead atoms. The van der Waals surface area contributed by atoms with Gasteiger partial charge in [0.05, 0.1) is 15.2 Å². The number of thiazole rings is 1. The van der Waals surface area contributed by atoms with Crippen LogP contribution in [0.1, 0.15) is 16.1 Å². The Hall–Kier alpha value is -1.77. The van der Waals surface area contributed by atoms with Gasteiger partial charge in [0.25, 0.3) is 5.91 Å². The molecule has 4 nitrogen and oxygen atoms in total. The van der Waals surface area contributed by atoms with E-state index in [0.717, 1.165) is 23.1 Å². The molecule has 4 rings (SSSR count). The lowest BCUT2D eigenvalue weighted by Crippen LogP contribution is -3.00. The van der Waals surface area contributed by atoms with Crippen LogP contribution in [0.15, 0.2) is 42.5 Å². The van der Waals surface area contributed by atoms with E-state index < -0.39 is 0 Å². The summed E-state index contributed by atoms with van der Waals surface area (Å²) in [5.41, 5.74) is 0.680. The Balaban J connectivity index is 0.00000256. The van der Waals surface area contributed by atoms with Gasteiger partial charge in [0.15, 0.2) is 5.13 Å². The fraction of sp³-hybridized carbons (Fsp3) is 0.238. The molecule has 1 amide bonds. The number of rotatable bonds is 6. The molecule has 0 spiro atoms. The van der Waals surface area contributed by atoms with Gasteiger partial charge < -0.3 is 17.3 Å². The molecule has 0 atom stereocenters. The van der Waals surface area contributed by atoms with E-state index in [1.807, 2.05) is 38.4 Å². The molecule has 0 aliphatic carbocycles. The molecule has 2 aromatic carbocycles. The molecular weight excluding hydrogens is 464 g/mol. The average molecular weight is 483 g/mol. The zero-order valence-corrected chi connectivity index (χ0v) is 19.5. The first-order valence-corrected chi connectivity index (χ1v) is 11.1. The van der Waals surface area contributed by atoms with Crippen molar-refractivity contribution in [3.63, 3.8) is 0 Å². The predicted molar refractivity (Wildman–Crippen MR) is 121 cm³/mol. The van der Waals surface area contributed by atoms with Crippen LogP contribution in [0.3, 0.4) is 0 Å². The normalized spacial score (nSPS) is 11.2. The molecule has 0 fully saturated rings. The number of carbonyl (C=O) groups is 1. The number of aromatic nitrogens is 1. The van der Waals surface area contributed by atoms with Crippen molar-refractivity contribution in [2.45, 2.75) is 6.42 Å². The molecule has 4 aromatic rings. The van der Waals surface area contributed by atoms with Crippen molar-refractivity contribution >= 4 is 65.6 Å². The molecule has 2 heterocycles. The summed E-state index contributed by atoms with van der Waals surface area (Å²) in [5.74, 6) is -0.486. The van der Waals surface area contributed by atoms with E-state index in [0.29, 0.717) is 31.8 Å². The summed E-state index contributed by atoms with van der Waals surface area (Å²) in [6.45, 7) is 1.34. The Bertz CT molecular complexity index is 1190. The quantitative estimate of drug-likeness (QED) is 0.423. The number of hydrogen-bond acceptors (Lipinski definition) is 5. The number of fused-ring (bicyclic) bond motifs is 2. The van der Waals surface area contributed by atoms with Crippen LogP contribution >= 0.6 is 34.3 Å². The van der Waals surface area contributed by atoms with Crippen LogP contribution in [-0.4, -0.2) is 43.0 Å². The first kappa shape index (κ1) is 22.9. The van der Waals surface area contributed by atoms with Crippen molar-refractivity contribution in [3.8, 4) is 0 Å². The highest BCUT2D eigenvalue weighted by atomic mass is 35.5. The van der Waals surface area contributed by atoms with Crippen LogP contribution in [0.25, 0.3) is 20.3 Å². The van der Waals surface area contributed by atoms with E-state index in [4.69, 9.17) is 11.6 Å². The number of hydrogen-bond donors (Lipinski definition) is 0. The predicted octanol–water partition coefficient (Wildman–Crippen LogP) is 2.91. The van der Waals surface area contributed by atoms with Crippen LogP contribution in [0.4, 0.5) is 9.52 Å². The molecule has 0 saturated carbocycles. The van der Waals surface area contributed by atoms with Gasteiger partial charge >= 0.3 is 0 Å². The minimum Gasteiger partial charge on any atom is -1.00 e. The van der Waals surface area contributed by atoms with Crippen LogP contribution in [0, 0.1) is 5.82 Å². The Morgan fingerprint density at radius 3 is 2.60 bits per heavy atom. The molecule has 2 aromatic heterocycles. The summed E-state index contributed by atoms with van der Waals surface area (Å²) < 4.78 is 15.3. The number of nitrogens with zero attached hydrogens (tertiary/aromatic N) is 3. The molecular formula is C21H19Cl2FN3OS2-. The maximum atomic E-state index is 13.6. The van der Waals surface area contributed by atoms with E-state index in [1.54, 1.807) is 11.0 Å². The van der Waals surface area contributed by atoms with Crippen molar-refractivity contribution in [2.75, 3.05) is 32.1 Å². The molecule has 0 unspecified atom stereocenters. The third-order valence-corrected chi connectivity index (χ3v) is 7.24. The van der Waals surface area contributed by atoms with Crippen molar-refractivity contribution in [2.24, 2.45) is 0 Å². The number of thiophene rings is 1. The largest absolute Gasteiger partial charge is 1.00 e. The van der Waals surface area contributed by atoms with Crippen LogP contribution in [-0.2, 0) is 0 Å². The van der Waals surface area contributed by atoms with Crippen molar-refractivity contribution < 1.29 is 21.6 Å².